The molecular formula is C16H14N4O2S. The number of benzene rings is 1. The lowest BCUT2D eigenvalue weighted by molar-refractivity contribution is 0.0842. The largest absolute Gasteiger partial charge is 0.357 e. The molecule has 0 atom stereocenters. The molecule has 3 N–H and O–H groups in total. The Morgan fingerprint density at radius 2 is 1.83 bits per heavy atom. The van der Waals surface area contributed by atoms with Gasteiger partial charge in [-0.05, 0) is 17.7 Å². The highest BCUT2D eigenvalue weighted by Crippen LogP contribution is 2.14. The lowest BCUT2D eigenvalue weighted by Crippen LogP contribution is -2.41. The summed E-state index contributed by atoms with van der Waals surface area (Å²) in [7, 11) is 0. The molecule has 3 rings (SSSR count). The molecule has 6 nitrogen and oxygen atoms in total. The predicted molar refractivity (Wildman–Crippen MR) is 87.1 cm³/mol. The van der Waals surface area contributed by atoms with Crippen LogP contribution in [0.4, 0.5) is 0 Å². The number of H-pyrrole nitrogens is 1. The molecule has 0 bridgehead atoms. The van der Waals surface area contributed by atoms with Crippen LogP contribution in [-0.2, 0) is 6.42 Å². The second-order valence-electron chi connectivity index (χ2n) is 4.78. The molecule has 0 fully saturated rings. The van der Waals surface area contributed by atoms with Crippen molar-refractivity contribution >= 4 is 23.2 Å². The number of aromatic amines is 1. The van der Waals surface area contributed by atoms with Crippen LogP contribution in [0.5, 0.6) is 0 Å². The van der Waals surface area contributed by atoms with Crippen molar-refractivity contribution in [2.45, 2.75) is 6.42 Å². The molecule has 0 radical (unpaired) electrons. The van der Waals surface area contributed by atoms with E-state index in [1.54, 1.807) is 23.7 Å². The lowest BCUT2D eigenvalue weighted by Gasteiger charge is -2.04. The molecule has 3 aromatic rings. The molecule has 0 saturated carbocycles. The van der Waals surface area contributed by atoms with Crippen molar-refractivity contribution in [3.8, 4) is 0 Å². The number of aromatic nitrogens is 2. The smallest absolute Gasteiger partial charge is 0.289 e. The molecule has 2 amide bonds. The average Bonchev–Trinajstić information content (AvgIpc) is 3.25. The minimum absolute atomic E-state index is 0.285. The Kier molecular flexibility index (Phi) is 4.49. The Labute approximate surface area is 136 Å². The van der Waals surface area contributed by atoms with E-state index in [9.17, 15) is 9.59 Å². The van der Waals surface area contributed by atoms with Crippen LogP contribution in [0, 0.1) is 0 Å². The van der Waals surface area contributed by atoms with E-state index >= 15 is 0 Å². The zero-order chi connectivity index (χ0) is 16.1. The molecule has 2 aromatic heterocycles. The molecule has 7 heteroatoms. The van der Waals surface area contributed by atoms with Crippen molar-refractivity contribution in [3.63, 3.8) is 0 Å². The summed E-state index contributed by atoms with van der Waals surface area (Å²) >= 11 is 1.41. The molecule has 0 aliphatic rings. The van der Waals surface area contributed by atoms with E-state index in [1.807, 2.05) is 30.3 Å². The minimum atomic E-state index is -0.444. The summed E-state index contributed by atoms with van der Waals surface area (Å²) in [5.41, 5.74) is 6.47. The van der Waals surface area contributed by atoms with Gasteiger partial charge in [-0.15, -0.1) is 11.3 Å². The molecule has 0 aliphatic carbocycles. The first-order chi connectivity index (χ1) is 11.2. The number of hydrogen-bond donors (Lipinski definition) is 3. The number of rotatable bonds is 4. The number of hydrazine groups is 1. The van der Waals surface area contributed by atoms with E-state index in [-0.39, 0.29) is 5.69 Å². The maximum Gasteiger partial charge on any atom is 0.289 e. The third-order valence-electron chi connectivity index (χ3n) is 3.11. The number of hydrogen-bond acceptors (Lipinski definition) is 4. The van der Waals surface area contributed by atoms with E-state index in [1.165, 1.54) is 11.3 Å². The second kappa shape index (κ2) is 6.89. The summed E-state index contributed by atoms with van der Waals surface area (Å²) in [6, 6.07) is 13.2. The Morgan fingerprint density at radius 1 is 1.04 bits per heavy atom. The average molecular weight is 326 g/mol. The summed E-state index contributed by atoms with van der Waals surface area (Å²) in [5, 5.41) is 2.52. The van der Waals surface area contributed by atoms with Gasteiger partial charge in [-0.2, -0.15) is 0 Å². The Morgan fingerprint density at radius 3 is 2.57 bits per heavy atom. The zero-order valence-corrected chi connectivity index (χ0v) is 12.9. The molecular weight excluding hydrogens is 312 g/mol. The third kappa shape index (κ3) is 3.83. The van der Waals surface area contributed by atoms with Crippen molar-refractivity contribution in [2.24, 2.45) is 0 Å². The third-order valence-corrected chi connectivity index (χ3v) is 3.96. The van der Waals surface area contributed by atoms with Crippen molar-refractivity contribution in [1.82, 2.24) is 20.8 Å². The standard InChI is InChI=1S/C16H14N4O2S/c21-15(12-7-4-8-17-12)19-20-16(22)13-10-23-14(18-13)9-11-5-2-1-3-6-11/h1-8,10,17H,9H2,(H,19,21)(H,20,22). The zero-order valence-electron chi connectivity index (χ0n) is 12.1. The van der Waals surface area contributed by atoms with Crippen molar-refractivity contribution < 1.29 is 9.59 Å². The highest BCUT2D eigenvalue weighted by Gasteiger charge is 2.13. The summed E-state index contributed by atoms with van der Waals surface area (Å²) in [6.07, 6.45) is 2.31. The number of nitrogens with zero attached hydrogens (tertiary/aromatic N) is 1. The van der Waals surface area contributed by atoms with Gasteiger partial charge < -0.3 is 4.98 Å². The van der Waals surface area contributed by atoms with Crippen LogP contribution in [-0.4, -0.2) is 21.8 Å². The molecule has 2 heterocycles. The predicted octanol–water partition coefficient (Wildman–Crippen LogP) is 2.14. The maximum absolute atomic E-state index is 12.0. The van der Waals surface area contributed by atoms with Crippen LogP contribution in [0.15, 0.2) is 54.0 Å². The van der Waals surface area contributed by atoms with Gasteiger partial charge in [-0.25, -0.2) is 4.98 Å². The van der Waals surface area contributed by atoms with Gasteiger partial charge in [-0.1, -0.05) is 30.3 Å². The van der Waals surface area contributed by atoms with Gasteiger partial charge in [-0.3, -0.25) is 20.4 Å². The Balaban J connectivity index is 1.57. The minimum Gasteiger partial charge on any atom is -0.357 e. The summed E-state index contributed by atoms with van der Waals surface area (Å²) in [5.74, 6) is -0.858. The van der Waals surface area contributed by atoms with Crippen LogP contribution in [0.1, 0.15) is 31.5 Å². The number of carbonyl (C=O) groups is 2. The van der Waals surface area contributed by atoms with Crippen LogP contribution in [0.2, 0.25) is 0 Å². The van der Waals surface area contributed by atoms with E-state index in [0.717, 1.165) is 10.6 Å². The first-order valence-corrected chi connectivity index (χ1v) is 7.83. The van der Waals surface area contributed by atoms with E-state index in [0.29, 0.717) is 12.1 Å². The monoisotopic (exact) mass is 326 g/mol. The molecule has 0 unspecified atom stereocenters. The lowest BCUT2D eigenvalue weighted by atomic mass is 10.2. The van der Waals surface area contributed by atoms with E-state index in [4.69, 9.17) is 0 Å². The van der Waals surface area contributed by atoms with Gasteiger partial charge in [0, 0.05) is 18.0 Å². The highest BCUT2D eigenvalue weighted by molar-refractivity contribution is 7.09. The molecule has 116 valence electrons. The van der Waals surface area contributed by atoms with Gasteiger partial charge >= 0.3 is 0 Å². The SMILES string of the molecule is O=C(NNC(=O)c1ccc[nH]1)c1csc(Cc2ccccc2)n1. The first kappa shape index (κ1) is 15.0. The Bertz CT molecular complexity index is 797. The van der Waals surface area contributed by atoms with Crippen molar-refractivity contribution in [1.29, 1.82) is 0 Å². The fourth-order valence-corrected chi connectivity index (χ4v) is 2.79. The quantitative estimate of drug-likeness (QED) is 0.642. The maximum atomic E-state index is 12.0. The summed E-state index contributed by atoms with van der Waals surface area (Å²) in [6.45, 7) is 0. The van der Waals surface area contributed by atoms with E-state index < -0.39 is 11.8 Å². The van der Waals surface area contributed by atoms with Crippen molar-refractivity contribution in [2.75, 3.05) is 0 Å². The number of amides is 2. The number of carbonyl (C=O) groups excluding carboxylic acids is 2. The Hall–Kier alpha value is -2.93. The topological polar surface area (TPSA) is 86.9 Å². The molecule has 0 spiro atoms. The van der Waals surface area contributed by atoms with Gasteiger partial charge in [0.05, 0.1) is 5.01 Å². The van der Waals surface area contributed by atoms with E-state index in [2.05, 4.69) is 20.8 Å². The fourth-order valence-electron chi connectivity index (χ4n) is 1.98. The number of thiazole rings is 1. The van der Waals surface area contributed by atoms with Gasteiger partial charge in [0.1, 0.15) is 11.4 Å². The van der Waals surface area contributed by atoms with Crippen LogP contribution < -0.4 is 10.9 Å². The van der Waals surface area contributed by atoms with Crippen LogP contribution in [0.3, 0.4) is 0 Å². The van der Waals surface area contributed by atoms with Crippen LogP contribution >= 0.6 is 11.3 Å². The second-order valence-corrected chi connectivity index (χ2v) is 5.72. The van der Waals surface area contributed by atoms with Gasteiger partial charge in [0.2, 0.25) is 0 Å². The summed E-state index contributed by atoms with van der Waals surface area (Å²) < 4.78 is 0. The molecule has 23 heavy (non-hydrogen) atoms. The number of nitrogens with one attached hydrogen (secondary N) is 3. The highest BCUT2D eigenvalue weighted by atomic mass is 32.1. The summed E-state index contributed by atoms with van der Waals surface area (Å²) in [4.78, 5) is 30.8. The van der Waals surface area contributed by atoms with Crippen molar-refractivity contribution in [3.05, 3.63) is 76.0 Å². The van der Waals surface area contributed by atoms with Gasteiger partial charge in [0.25, 0.3) is 11.8 Å². The molecule has 0 saturated heterocycles. The molecule has 0 aliphatic heterocycles. The van der Waals surface area contributed by atoms with Crippen LogP contribution in [0.25, 0.3) is 0 Å². The van der Waals surface area contributed by atoms with Gasteiger partial charge in [0.15, 0.2) is 0 Å². The normalized spacial score (nSPS) is 10.3. The fraction of sp³-hybridized carbons (Fsp3) is 0.0625. The first-order valence-electron chi connectivity index (χ1n) is 6.95. The molecule has 1 aromatic carbocycles.